The second-order valence-corrected chi connectivity index (χ2v) is 7.53. The lowest BCUT2D eigenvalue weighted by Gasteiger charge is -2.32. The molecule has 28 heavy (non-hydrogen) atoms. The zero-order valence-electron chi connectivity index (χ0n) is 16.0. The van der Waals surface area contributed by atoms with E-state index in [0.29, 0.717) is 28.8 Å². The van der Waals surface area contributed by atoms with Gasteiger partial charge in [0.25, 0.3) is 5.56 Å². The number of nitrogens with two attached hydrogens (primary N) is 1. The van der Waals surface area contributed by atoms with Crippen molar-refractivity contribution in [2.45, 2.75) is 31.7 Å². The first kappa shape index (κ1) is 18.3. The Morgan fingerprint density at radius 1 is 1.18 bits per heavy atom. The molecular formula is C22H23N5O. The number of rotatable bonds is 2. The maximum absolute atomic E-state index is 13.2. The fraction of sp³-hybridized carbons (Fsp3) is 0.409. The molecule has 142 valence electrons. The van der Waals surface area contributed by atoms with E-state index in [0.717, 1.165) is 44.3 Å². The average molecular weight is 373 g/mol. The average Bonchev–Trinajstić information content (AvgIpc) is 3.54. The second kappa shape index (κ2) is 7.50. The minimum Gasteiger partial charge on any atom is -0.342 e. The van der Waals surface area contributed by atoms with Crippen LogP contribution < -0.4 is 16.2 Å². The van der Waals surface area contributed by atoms with Gasteiger partial charge in [-0.25, -0.2) is 9.83 Å². The van der Waals surface area contributed by atoms with Crippen LogP contribution in [0.15, 0.2) is 29.1 Å². The summed E-state index contributed by atoms with van der Waals surface area (Å²) < 4.78 is 1.60. The highest BCUT2D eigenvalue weighted by molar-refractivity contribution is 5.70. The zero-order valence-corrected chi connectivity index (χ0v) is 16.0. The minimum absolute atomic E-state index is 0.128. The minimum atomic E-state index is -0.128. The lowest BCUT2D eigenvalue weighted by atomic mass is 10.1. The van der Waals surface area contributed by atoms with Crippen molar-refractivity contribution in [3.8, 4) is 23.1 Å². The molecule has 0 amide bonds. The summed E-state index contributed by atoms with van der Waals surface area (Å²) in [5.74, 6) is 7.35. The molecule has 0 atom stereocenters. The van der Waals surface area contributed by atoms with Crippen molar-refractivity contribution in [2.24, 2.45) is 18.7 Å². The molecule has 0 bridgehead atoms. The van der Waals surface area contributed by atoms with E-state index in [4.69, 9.17) is 17.3 Å². The van der Waals surface area contributed by atoms with E-state index >= 15 is 0 Å². The van der Waals surface area contributed by atoms with E-state index < -0.39 is 0 Å². The van der Waals surface area contributed by atoms with Gasteiger partial charge in [0.05, 0.1) is 12.3 Å². The largest absolute Gasteiger partial charge is 0.342 e. The van der Waals surface area contributed by atoms with Crippen LogP contribution in [-0.4, -0.2) is 28.7 Å². The van der Waals surface area contributed by atoms with Gasteiger partial charge in [0.15, 0.2) is 5.69 Å². The number of nitrogens with zero attached hydrogens (tertiary/aromatic N) is 4. The van der Waals surface area contributed by atoms with E-state index in [-0.39, 0.29) is 11.6 Å². The molecular weight excluding hydrogens is 350 g/mol. The lowest BCUT2D eigenvalue weighted by molar-refractivity contribution is 0.490. The summed E-state index contributed by atoms with van der Waals surface area (Å²) in [5, 5.41) is 0. The third kappa shape index (κ3) is 3.65. The first-order chi connectivity index (χ1) is 13.6. The Kier molecular flexibility index (Phi) is 4.90. The summed E-state index contributed by atoms with van der Waals surface area (Å²) in [5.41, 5.74) is 8.30. The second-order valence-electron chi connectivity index (χ2n) is 7.53. The van der Waals surface area contributed by atoms with Crippen LogP contribution in [0.2, 0.25) is 0 Å². The Bertz CT molecular complexity index is 1040. The van der Waals surface area contributed by atoms with Crippen LogP contribution >= 0.6 is 0 Å². The van der Waals surface area contributed by atoms with Gasteiger partial charge in [-0.05, 0) is 31.2 Å². The van der Waals surface area contributed by atoms with Gasteiger partial charge < -0.3 is 10.6 Å². The van der Waals surface area contributed by atoms with Gasteiger partial charge in [0.2, 0.25) is 5.95 Å². The number of aromatic nitrogens is 2. The fourth-order valence-electron chi connectivity index (χ4n) is 3.39. The molecule has 4 rings (SSSR count). The van der Waals surface area contributed by atoms with Crippen LogP contribution in [0.25, 0.3) is 16.1 Å². The molecule has 2 aliphatic rings. The van der Waals surface area contributed by atoms with Gasteiger partial charge in [0, 0.05) is 32.1 Å². The molecule has 2 heterocycles. The molecule has 2 fully saturated rings. The molecule has 1 aromatic heterocycles. The lowest BCUT2D eigenvalue weighted by Crippen LogP contribution is -2.42. The highest BCUT2D eigenvalue weighted by Gasteiger charge is 2.23. The van der Waals surface area contributed by atoms with E-state index in [1.807, 2.05) is 12.1 Å². The number of hydrogen-bond donors (Lipinski definition) is 1. The van der Waals surface area contributed by atoms with Gasteiger partial charge >= 0.3 is 0 Å². The van der Waals surface area contributed by atoms with Crippen LogP contribution in [0.5, 0.6) is 0 Å². The maximum Gasteiger partial charge on any atom is 0.271 e. The fourth-order valence-corrected chi connectivity index (χ4v) is 3.39. The molecule has 1 saturated heterocycles. The smallest absolute Gasteiger partial charge is 0.271 e. The molecule has 2 aromatic rings. The highest BCUT2D eigenvalue weighted by atomic mass is 16.1. The monoisotopic (exact) mass is 373 g/mol. The van der Waals surface area contributed by atoms with Gasteiger partial charge in [-0.2, -0.15) is 0 Å². The molecule has 0 unspecified atom stereocenters. The summed E-state index contributed by atoms with van der Waals surface area (Å²) in [6, 6.07) is 7.39. The van der Waals surface area contributed by atoms with Crippen molar-refractivity contribution in [3.63, 3.8) is 0 Å². The highest BCUT2D eigenvalue weighted by Crippen LogP contribution is 2.29. The predicted molar refractivity (Wildman–Crippen MR) is 110 cm³/mol. The Balaban J connectivity index is 1.83. The van der Waals surface area contributed by atoms with Gasteiger partial charge in [-0.15, -0.1) is 0 Å². The quantitative estimate of drug-likeness (QED) is 0.649. The number of hydrogen-bond acceptors (Lipinski definition) is 4. The van der Waals surface area contributed by atoms with Crippen LogP contribution in [0.1, 0.15) is 31.2 Å². The number of piperidine rings is 1. The van der Waals surface area contributed by atoms with Crippen LogP contribution in [-0.2, 0) is 7.05 Å². The normalized spacial score (nSPS) is 17.0. The zero-order chi connectivity index (χ0) is 19.7. The molecule has 0 radical (unpaired) electrons. The van der Waals surface area contributed by atoms with E-state index in [9.17, 15) is 4.79 Å². The third-order valence-corrected chi connectivity index (χ3v) is 5.34. The van der Waals surface area contributed by atoms with Gasteiger partial charge in [-0.3, -0.25) is 9.36 Å². The molecule has 1 aliphatic heterocycles. The van der Waals surface area contributed by atoms with Crippen molar-refractivity contribution in [2.75, 3.05) is 18.0 Å². The number of anilines is 1. The van der Waals surface area contributed by atoms with Crippen molar-refractivity contribution >= 4 is 11.6 Å². The summed E-state index contributed by atoms with van der Waals surface area (Å²) in [6.07, 6.45) is 3.96. The van der Waals surface area contributed by atoms with Crippen molar-refractivity contribution < 1.29 is 0 Å². The van der Waals surface area contributed by atoms with Crippen LogP contribution in [0.4, 0.5) is 11.6 Å². The molecule has 1 saturated carbocycles. The number of benzene rings is 1. The summed E-state index contributed by atoms with van der Waals surface area (Å²) in [4.78, 5) is 23.6. The Labute approximate surface area is 164 Å². The van der Waals surface area contributed by atoms with Crippen LogP contribution in [0.3, 0.4) is 0 Å². The van der Waals surface area contributed by atoms with E-state index in [2.05, 4.69) is 21.6 Å². The summed E-state index contributed by atoms with van der Waals surface area (Å²) in [6.45, 7) is 8.71. The molecule has 6 nitrogen and oxygen atoms in total. The SMILES string of the molecule is [C-]#[N+]c1ccc(-c2nc(N3CCC(N)CC3)n(C)c(=O)c2C#CC2CC2)cc1. The molecule has 1 aliphatic carbocycles. The Hall–Kier alpha value is -3.09. The maximum atomic E-state index is 13.2. The summed E-state index contributed by atoms with van der Waals surface area (Å²) in [7, 11) is 1.76. The van der Waals surface area contributed by atoms with Gasteiger partial charge in [-0.1, -0.05) is 36.1 Å². The molecule has 6 heteroatoms. The Morgan fingerprint density at radius 2 is 1.86 bits per heavy atom. The standard InChI is InChI=1S/C22H23N5O/c1-24-18-8-6-16(7-9-18)20-19(10-5-15-3-4-15)21(28)26(2)22(25-20)27-13-11-17(23)12-14-27/h6-9,15,17H,3-4,11-14,23H2,2H3. The van der Waals surface area contributed by atoms with Crippen molar-refractivity contribution in [3.05, 3.63) is 51.6 Å². The van der Waals surface area contributed by atoms with E-state index in [1.165, 1.54) is 0 Å². The first-order valence-corrected chi connectivity index (χ1v) is 9.68. The van der Waals surface area contributed by atoms with Gasteiger partial charge in [0.1, 0.15) is 5.56 Å². The van der Waals surface area contributed by atoms with Crippen LogP contribution in [0, 0.1) is 24.3 Å². The first-order valence-electron chi connectivity index (χ1n) is 9.68. The van der Waals surface area contributed by atoms with Crippen molar-refractivity contribution in [1.82, 2.24) is 9.55 Å². The predicted octanol–water partition coefficient (Wildman–Crippen LogP) is 2.69. The topological polar surface area (TPSA) is 68.5 Å². The Morgan fingerprint density at radius 3 is 2.46 bits per heavy atom. The molecule has 1 aromatic carbocycles. The molecule has 0 spiro atoms. The van der Waals surface area contributed by atoms with E-state index in [1.54, 1.807) is 23.7 Å². The third-order valence-electron chi connectivity index (χ3n) is 5.34. The summed E-state index contributed by atoms with van der Waals surface area (Å²) >= 11 is 0. The molecule has 2 N–H and O–H groups in total. The van der Waals surface area contributed by atoms with Crippen molar-refractivity contribution in [1.29, 1.82) is 0 Å².